The zero-order valence-corrected chi connectivity index (χ0v) is 33.2. The molecule has 0 heteroatoms. The van der Waals surface area contributed by atoms with E-state index in [1.54, 1.807) is 0 Å². The van der Waals surface area contributed by atoms with Crippen molar-refractivity contribution in [2.45, 2.75) is 10.8 Å². The van der Waals surface area contributed by atoms with Crippen LogP contribution in [0.1, 0.15) is 66.8 Å². The maximum atomic E-state index is 2.44. The van der Waals surface area contributed by atoms with Crippen molar-refractivity contribution in [3.8, 4) is 0 Å². The van der Waals surface area contributed by atoms with Crippen molar-refractivity contribution >= 4 is 22.3 Å². The summed E-state index contributed by atoms with van der Waals surface area (Å²) in [5, 5.41) is 0. The molecule has 0 heterocycles. The van der Waals surface area contributed by atoms with Crippen LogP contribution in [0, 0.1) is 0 Å². The monoisotopic (exact) mass is 762 g/mol. The first-order chi connectivity index (χ1) is 29.8. The van der Waals surface area contributed by atoms with Crippen LogP contribution in [-0.4, -0.2) is 0 Å². The fourth-order valence-electron chi connectivity index (χ4n) is 10.6. The van der Waals surface area contributed by atoms with E-state index in [4.69, 9.17) is 0 Å². The maximum Gasteiger partial charge on any atom is 0.0719 e. The highest BCUT2D eigenvalue weighted by Crippen LogP contribution is 2.62. The third-order valence-corrected chi connectivity index (χ3v) is 12.9. The minimum absolute atomic E-state index is 0.607. The highest BCUT2D eigenvalue weighted by molar-refractivity contribution is 6.12. The van der Waals surface area contributed by atoms with Crippen molar-refractivity contribution in [1.82, 2.24) is 0 Å². The van der Waals surface area contributed by atoms with E-state index >= 15 is 0 Å². The molecule has 282 valence electrons. The highest BCUT2D eigenvalue weighted by Gasteiger charge is 2.51. The largest absolute Gasteiger partial charge is 0.0719 e. The van der Waals surface area contributed by atoms with Crippen LogP contribution in [0.2, 0.25) is 0 Å². The van der Waals surface area contributed by atoms with E-state index in [9.17, 15) is 0 Å². The first-order valence-electron chi connectivity index (χ1n) is 20.9. The molecular weight excluding hydrogens is 721 g/mol. The first kappa shape index (κ1) is 35.6. The van der Waals surface area contributed by atoms with Crippen LogP contribution < -0.4 is 0 Å². The summed E-state index contributed by atoms with van der Waals surface area (Å²) in [5.74, 6) is 0. The minimum atomic E-state index is -0.607. The molecular formula is C60H42. The molecule has 0 unspecified atom stereocenters. The van der Waals surface area contributed by atoms with Gasteiger partial charge < -0.3 is 0 Å². The Morgan fingerprint density at radius 2 is 0.450 bits per heavy atom. The van der Waals surface area contributed by atoms with Gasteiger partial charge in [0.25, 0.3) is 0 Å². The zero-order chi connectivity index (χ0) is 39.9. The molecule has 0 bridgehead atoms. The number of fused-ring (bicyclic) bond motifs is 2. The van der Waals surface area contributed by atoms with E-state index in [1.807, 2.05) is 0 Å². The molecule has 60 heavy (non-hydrogen) atoms. The van der Waals surface area contributed by atoms with Crippen LogP contribution >= 0.6 is 0 Å². The molecule has 9 aromatic carbocycles. The second-order valence-electron chi connectivity index (χ2n) is 15.9. The second kappa shape index (κ2) is 14.7. The summed E-state index contributed by atoms with van der Waals surface area (Å²) >= 11 is 0. The van der Waals surface area contributed by atoms with Crippen LogP contribution in [0.5, 0.6) is 0 Å². The van der Waals surface area contributed by atoms with Crippen molar-refractivity contribution in [3.63, 3.8) is 0 Å². The van der Waals surface area contributed by atoms with Crippen LogP contribution in [0.4, 0.5) is 0 Å². The molecule has 2 aliphatic carbocycles. The van der Waals surface area contributed by atoms with Gasteiger partial charge in [0.1, 0.15) is 0 Å². The molecule has 2 atom stereocenters. The Morgan fingerprint density at radius 3 is 0.783 bits per heavy atom. The third kappa shape index (κ3) is 5.31. The van der Waals surface area contributed by atoms with E-state index in [1.165, 1.54) is 89.1 Å². The molecule has 0 N–H and O–H groups in total. The summed E-state index contributed by atoms with van der Waals surface area (Å²) in [6.45, 7) is 0. The Kier molecular flexibility index (Phi) is 8.72. The summed E-state index contributed by atoms with van der Waals surface area (Å²) in [5.41, 5.74) is 18.9. The van der Waals surface area contributed by atoms with E-state index < -0.39 is 10.8 Å². The van der Waals surface area contributed by atoms with Gasteiger partial charge in [-0.25, -0.2) is 0 Å². The standard InChI is InChI=1S/C60H42/c1-7-23-43(24-8-1)55-51-35-19-21-37-53(51)59(47-31-15-5-16-32-47,57(55)45-27-11-3-12-28-45)49-39-41-50(42-40-49)60(48-33-17-6-18-34-48)54-38-22-20-36-52(54)56(44-25-9-2-10-26-44)58(60)46-29-13-4-14-30-46/h1-42H/t59-,60-/m1/s1. The molecule has 0 aliphatic heterocycles. The molecule has 2 aliphatic rings. The van der Waals surface area contributed by atoms with Crippen LogP contribution in [0.3, 0.4) is 0 Å². The SMILES string of the molecule is c1ccc(C2=C(c3ccccc3)[C@](c3ccccc3)(c3ccc([C@@]4(c5ccccc5)C(c5ccccc5)=C(c5ccccc5)c5ccccc54)cc3)c3ccccc32)cc1. The molecule has 0 nitrogen and oxygen atoms in total. The van der Waals surface area contributed by atoms with E-state index in [-0.39, 0.29) is 0 Å². The van der Waals surface area contributed by atoms with Crippen LogP contribution in [0.15, 0.2) is 255 Å². The molecule has 9 aromatic rings. The average molecular weight is 763 g/mol. The van der Waals surface area contributed by atoms with E-state index in [2.05, 4.69) is 255 Å². The van der Waals surface area contributed by atoms with Gasteiger partial charge in [0.2, 0.25) is 0 Å². The molecule has 0 fully saturated rings. The van der Waals surface area contributed by atoms with Crippen LogP contribution in [0.25, 0.3) is 22.3 Å². The molecule has 0 saturated carbocycles. The minimum Gasteiger partial charge on any atom is -0.0622 e. The number of rotatable bonds is 8. The van der Waals surface area contributed by atoms with Crippen molar-refractivity contribution in [1.29, 1.82) is 0 Å². The lowest BCUT2D eigenvalue weighted by molar-refractivity contribution is 0.794. The predicted molar refractivity (Wildman–Crippen MR) is 250 cm³/mol. The fraction of sp³-hybridized carbons (Fsp3) is 0.0333. The Balaban J connectivity index is 1.24. The van der Waals surface area contributed by atoms with Crippen molar-refractivity contribution in [2.24, 2.45) is 0 Å². The second-order valence-corrected chi connectivity index (χ2v) is 15.9. The molecule has 0 saturated heterocycles. The summed E-state index contributed by atoms with van der Waals surface area (Å²) in [6, 6.07) is 94.3. The van der Waals surface area contributed by atoms with Gasteiger partial charge in [-0.15, -0.1) is 0 Å². The summed E-state index contributed by atoms with van der Waals surface area (Å²) in [6.07, 6.45) is 0. The number of allylic oxidation sites excluding steroid dienone is 2. The van der Waals surface area contributed by atoms with Gasteiger partial charge in [-0.2, -0.15) is 0 Å². The Morgan fingerprint density at radius 1 is 0.200 bits per heavy atom. The normalized spacial score (nSPS) is 18.0. The van der Waals surface area contributed by atoms with Crippen molar-refractivity contribution in [2.75, 3.05) is 0 Å². The Hall–Kier alpha value is -7.54. The third-order valence-electron chi connectivity index (χ3n) is 12.9. The van der Waals surface area contributed by atoms with Gasteiger partial charge in [-0.3, -0.25) is 0 Å². The predicted octanol–water partition coefficient (Wildman–Crippen LogP) is 14.3. The zero-order valence-electron chi connectivity index (χ0n) is 33.2. The molecule has 0 aromatic heterocycles. The molecule has 0 radical (unpaired) electrons. The smallest absolute Gasteiger partial charge is 0.0622 e. The molecule has 0 amide bonds. The van der Waals surface area contributed by atoms with Gasteiger partial charge in [-0.05, 0) is 89.1 Å². The first-order valence-corrected chi connectivity index (χ1v) is 20.9. The van der Waals surface area contributed by atoms with Crippen molar-refractivity contribution in [3.05, 3.63) is 322 Å². The van der Waals surface area contributed by atoms with Gasteiger partial charge in [-0.1, -0.05) is 255 Å². The van der Waals surface area contributed by atoms with E-state index in [0.717, 1.165) is 0 Å². The van der Waals surface area contributed by atoms with Gasteiger partial charge >= 0.3 is 0 Å². The lowest BCUT2D eigenvalue weighted by Gasteiger charge is -2.38. The highest BCUT2D eigenvalue weighted by atomic mass is 14.5. The maximum absolute atomic E-state index is 2.44. The topological polar surface area (TPSA) is 0 Å². The van der Waals surface area contributed by atoms with Crippen molar-refractivity contribution < 1.29 is 0 Å². The van der Waals surface area contributed by atoms with Gasteiger partial charge in [0, 0.05) is 0 Å². The Labute approximate surface area is 353 Å². The summed E-state index contributed by atoms with van der Waals surface area (Å²) < 4.78 is 0. The lowest BCUT2D eigenvalue weighted by atomic mass is 9.63. The molecule has 11 rings (SSSR count). The summed E-state index contributed by atoms with van der Waals surface area (Å²) in [7, 11) is 0. The number of benzene rings is 9. The Bertz CT molecular complexity index is 2810. The van der Waals surface area contributed by atoms with E-state index in [0.29, 0.717) is 0 Å². The fourth-order valence-corrected chi connectivity index (χ4v) is 10.6. The number of hydrogen-bond acceptors (Lipinski definition) is 0. The quantitative estimate of drug-likeness (QED) is 0.145. The molecule has 0 spiro atoms. The average Bonchev–Trinajstić information content (AvgIpc) is 3.83. The number of hydrogen-bond donors (Lipinski definition) is 0. The van der Waals surface area contributed by atoms with Gasteiger partial charge in [0.15, 0.2) is 0 Å². The van der Waals surface area contributed by atoms with Gasteiger partial charge in [0.05, 0.1) is 10.8 Å². The van der Waals surface area contributed by atoms with Crippen LogP contribution in [-0.2, 0) is 10.8 Å². The summed E-state index contributed by atoms with van der Waals surface area (Å²) in [4.78, 5) is 0. The lowest BCUT2D eigenvalue weighted by Crippen LogP contribution is -2.31.